The van der Waals surface area contributed by atoms with Crippen LogP contribution in [0.4, 0.5) is 10.1 Å². The number of amides is 1. The molecule has 146 valence electrons. The Morgan fingerprint density at radius 3 is 2.79 bits per heavy atom. The summed E-state index contributed by atoms with van der Waals surface area (Å²) in [4.78, 5) is 31.0. The van der Waals surface area contributed by atoms with Crippen LogP contribution in [0.15, 0.2) is 59.8 Å². The molecule has 0 saturated heterocycles. The van der Waals surface area contributed by atoms with Gasteiger partial charge in [-0.25, -0.2) is 14.1 Å². The molecule has 29 heavy (non-hydrogen) atoms. The smallest absolute Gasteiger partial charge is 0.277 e. The molecule has 0 radical (unpaired) electrons. The Labute approximate surface area is 164 Å². The number of aromatic amines is 1. The number of benzene rings is 2. The standard InChI is InChI=1S/C20H17FN6O2/c1-2-18(12-3-5-13(21)6-4-12)27-10-17(25-26-27)20(29)24-14-7-8-16-15(9-14)19(28)23-11-22-16/h3-11,18H,2H2,1H3,(H,24,29)(H,22,23,28). The van der Waals surface area contributed by atoms with E-state index < -0.39 is 5.91 Å². The highest BCUT2D eigenvalue weighted by molar-refractivity contribution is 6.03. The summed E-state index contributed by atoms with van der Waals surface area (Å²) < 4.78 is 14.8. The minimum atomic E-state index is -0.454. The zero-order chi connectivity index (χ0) is 20.4. The molecule has 2 aromatic carbocycles. The zero-order valence-corrected chi connectivity index (χ0v) is 15.5. The quantitative estimate of drug-likeness (QED) is 0.543. The highest BCUT2D eigenvalue weighted by Gasteiger charge is 2.17. The summed E-state index contributed by atoms with van der Waals surface area (Å²) in [6, 6.07) is 10.8. The van der Waals surface area contributed by atoms with Crippen molar-refractivity contribution in [1.82, 2.24) is 25.0 Å². The van der Waals surface area contributed by atoms with Crippen molar-refractivity contribution in [2.75, 3.05) is 5.32 Å². The molecule has 0 aliphatic carbocycles. The molecule has 0 spiro atoms. The fraction of sp³-hybridized carbons (Fsp3) is 0.150. The SMILES string of the molecule is CCC(c1ccc(F)cc1)n1cc(C(=O)Nc2ccc3nc[nH]c(=O)c3c2)nn1. The third-order valence-electron chi connectivity index (χ3n) is 4.60. The Balaban J connectivity index is 1.56. The molecule has 0 fully saturated rings. The predicted octanol–water partition coefficient (Wildman–Crippen LogP) is 2.91. The van der Waals surface area contributed by atoms with E-state index in [0.717, 1.165) is 5.56 Å². The highest BCUT2D eigenvalue weighted by atomic mass is 19.1. The van der Waals surface area contributed by atoms with E-state index >= 15 is 0 Å². The number of anilines is 1. The fourth-order valence-electron chi connectivity index (χ4n) is 3.14. The maximum absolute atomic E-state index is 13.2. The number of rotatable bonds is 5. The van der Waals surface area contributed by atoms with Crippen LogP contribution in [0.5, 0.6) is 0 Å². The van der Waals surface area contributed by atoms with E-state index in [2.05, 4.69) is 25.6 Å². The molecule has 2 heterocycles. The fourth-order valence-corrected chi connectivity index (χ4v) is 3.14. The molecule has 8 nitrogen and oxygen atoms in total. The summed E-state index contributed by atoms with van der Waals surface area (Å²) in [5.74, 6) is -0.767. The zero-order valence-electron chi connectivity index (χ0n) is 15.5. The summed E-state index contributed by atoms with van der Waals surface area (Å²) >= 11 is 0. The number of H-pyrrole nitrogens is 1. The molecular weight excluding hydrogens is 375 g/mol. The van der Waals surface area contributed by atoms with E-state index in [4.69, 9.17) is 0 Å². The lowest BCUT2D eigenvalue weighted by Gasteiger charge is -2.15. The van der Waals surface area contributed by atoms with Crippen molar-refractivity contribution in [2.24, 2.45) is 0 Å². The lowest BCUT2D eigenvalue weighted by Crippen LogP contribution is -2.14. The second-order valence-corrected chi connectivity index (χ2v) is 6.48. The number of hydrogen-bond acceptors (Lipinski definition) is 5. The first kappa shape index (κ1) is 18.5. The third-order valence-corrected chi connectivity index (χ3v) is 4.60. The summed E-state index contributed by atoms with van der Waals surface area (Å²) in [7, 11) is 0. The number of fused-ring (bicyclic) bond motifs is 1. The maximum atomic E-state index is 13.2. The maximum Gasteiger partial charge on any atom is 0.277 e. The summed E-state index contributed by atoms with van der Waals surface area (Å²) in [5.41, 5.74) is 1.68. The van der Waals surface area contributed by atoms with Gasteiger partial charge in [0.15, 0.2) is 5.69 Å². The molecule has 0 aliphatic heterocycles. The van der Waals surface area contributed by atoms with Crippen LogP contribution in [0.1, 0.15) is 35.4 Å². The number of nitrogens with one attached hydrogen (secondary N) is 2. The highest BCUT2D eigenvalue weighted by Crippen LogP contribution is 2.22. The molecule has 4 rings (SSSR count). The van der Waals surface area contributed by atoms with Crippen molar-refractivity contribution >= 4 is 22.5 Å². The number of aromatic nitrogens is 5. The number of hydrogen-bond donors (Lipinski definition) is 2. The Morgan fingerprint density at radius 1 is 1.24 bits per heavy atom. The first-order valence-corrected chi connectivity index (χ1v) is 9.01. The van der Waals surface area contributed by atoms with Gasteiger partial charge in [-0.15, -0.1) is 5.10 Å². The van der Waals surface area contributed by atoms with Gasteiger partial charge in [-0.05, 0) is 42.3 Å². The van der Waals surface area contributed by atoms with E-state index in [-0.39, 0.29) is 23.1 Å². The van der Waals surface area contributed by atoms with Gasteiger partial charge < -0.3 is 10.3 Å². The average molecular weight is 392 g/mol. The monoisotopic (exact) mass is 392 g/mol. The van der Waals surface area contributed by atoms with E-state index in [9.17, 15) is 14.0 Å². The summed E-state index contributed by atoms with van der Waals surface area (Å²) in [5, 5.41) is 11.1. The molecule has 2 N–H and O–H groups in total. The Kier molecular flexibility index (Phi) is 4.86. The predicted molar refractivity (Wildman–Crippen MR) is 105 cm³/mol. The van der Waals surface area contributed by atoms with Crippen molar-refractivity contribution in [3.05, 3.63) is 82.4 Å². The van der Waals surface area contributed by atoms with Gasteiger partial charge in [-0.1, -0.05) is 24.3 Å². The van der Waals surface area contributed by atoms with Gasteiger partial charge in [0, 0.05) is 5.69 Å². The largest absolute Gasteiger partial charge is 0.321 e. The Hall–Kier alpha value is -3.88. The van der Waals surface area contributed by atoms with Crippen LogP contribution in [0.2, 0.25) is 0 Å². The van der Waals surface area contributed by atoms with Crippen LogP contribution in [0.3, 0.4) is 0 Å². The van der Waals surface area contributed by atoms with Gasteiger partial charge >= 0.3 is 0 Å². The van der Waals surface area contributed by atoms with Crippen molar-refractivity contribution in [2.45, 2.75) is 19.4 Å². The number of carbonyl (C=O) groups is 1. The first-order chi connectivity index (χ1) is 14.0. The van der Waals surface area contributed by atoms with E-state index in [1.807, 2.05) is 6.92 Å². The third kappa shape index (κ3) is 3.75. The first-order valence-electron chi connectivity index (χ1n) is 9.01. The second kappa shape index (κ2) is 7.63. The van der Waals surface area contributed by atoms with Crippen molar-refractivity contribution in [3.8, 4) is 0 Å². The molecule has 0 saturated carbocycles. The van der Waals surface area contributed by atoms with E-state index in [1.54, 1.807) is 41.2 Å². The summed E-state index contributed by atoms with van der Waals surface area (Å²) in [6.45, 7) is 1.97. The van der Waals surface area contributed by atoms with Crippen LogP contribution in [-0.2, 0) is 0 Å². The Bertz CT molecular complexity index is 1230. The second-order valence-electron chi connectivity index (χ2n) is 6.48. The molecule has 4 aromatic rings. The van der Waals surface area contributed by atoms with Crippen molar-refractivity contribution in [1.29, 1.82) is 0 Å². The molecule has 0 aliphatic rings. The number of nitrogens with zero attached hydrogens (tertiary/aromatic N) is 4. The van der Waals surface area contributed by atoms with Crippen LogP contribution in [0.25, 0.3) is 10.9 Å². The van der Waals surface area contributed by atoms with E-state index in [0.29, 0.717) is 23.0 Å². The molecule has 0 bridgehead atoms. The van der Waals surface area contributed by atoms with Gasteiger partial charge in [0.25, 0.3) is 11.5 Å². The van der Waals surface area contributed by atoms with Gasteiger partial charge in [-0.3, -0.25) is 9.59 Å². The molecule has 9 heteroatoms. The minimum Gasteiger partial charge on any atom is -0.321 e. The summed E-state index contributed by atoms with van der Waals surface area (Å²) in [6.07, 6.45) is 3.56. The van der Waals surface area contributed by atoms with Crippen molar-refractivity contribution in [3.63, 3.8) is 0 Å². The average Bonchev–Trinajstić information content (AvgIpc) is 3.21. The molecule has 2 aromatic heterocycles. The molecular formula is C20H17FN6O2. The minimum absolute atomic E-state index is 0.130. The van der Waals surface area contributed by atoms with Gasteiger partial charge in [0.2, 0.25) is 0 Å². The van der Waals surface area contributed by atoms with Gasteiger partial charge in [0.05, 0.1) is 29.5 Å². The van der Waals surface area contributed by atoms with E-state index in [1.165, 1.54) is 18.5 Å². The topological polar surface area (TPSA) is 106 Å². The number of carbonyl (C=O) groups excluding carboxylic acids is 1. The number of halogens is 1. The lowest BCUT2D eigenvalue weighted by atomic mass is 10.0. The van der Waals surface area contributed by atoms with Crippen LogP contribution < -0.4 is 10.9 Å². The lowest BCUT2D eigenvalue weighted by molar-refractivity contribution is 0.102. The van der Waals surface area contributed by atoms with Gasteiger partial charge in [0.1, 0.15) is 5.82 Å². The molecule has 1 unspecified atom stereocenters. The van der Waals surface area contributed by atoms with Crippen LogP contribution in [0, 0.1) is 5.82 Å². The molecule has 1 amide bonds. The van der Waals surface area contributed by atoms with Crippen LogP contribution in [-0.4, -0.2) is 30.9 Å². The Morgan fingerprint density at radius 2 is 2.03 bits per heavy atom. The molecule has 1 atom stereocenters. The van der Waals surface area contributed by atoms with Gasteiger partial charge in [-0.2, -0.15) is 0 Å². The van der Waals surface area contributed by atoms with Crippen LogP contribution >= 0.6 is 0 Å². The normalized spacial score (nSPS) is 12.1. The van der Waals surface area contributed by atoms with Crippen molar-refractivity contribution < 1.29 is 9.18 Å².